The molecule has 1 aliphatic carbocycles. The Labute approximate surface area is 243 Å². The van der Waals surface area contributed by atoms with Gasteiger partial charge < -0.3 is 9.73 Å². The number of furan rings is 1. The van der Waals surface area contributed by atoms with Crippen molar-refractivity contribution in [2.75, 3.05) is 5.32 Å². The van der Waals surface area contributed by atoms with E-state index in [4.69, 9.17) is 4.42 Å². The molecule has 1 aliphatic rings. The van der Waals surface area contributed by atoms with Crippen molar-refractivity contribution in [1.29, 1.82) is 0 Å². The van der Waals surface area contributed by atoms with Crippen LogP contribution in [-0.4, -0.2) is 0 Å². The van der Waals surface area contributed by atoms with Crippen LogP contribution >= 0.6 is 0 Å². The summed E-state index contributed by atoms with van der Waals surface area (Å²) in [6.45, 7) is 0. The van der Waals surface area contributed by atoms with E-state index in [1.807, 2.05) is 12.1 Å². The first-order valence-corrected chi connectivity index (χ1v) is 14.3. The Balaban J connectivity index is 1.04. The SMILES string of the molecule is c1cc(Nc2ccc(-c3cccc4c3oc3ccccc34)cc2)cc(-c2cc3c4c(cccc4c2)-c2ccccc2-3)c1. The Morgan fingerprint density at radius 3 is 2.02 bits per heavy atom. The highest BCUT2D eigenvalue weighted by Crippen LogP contribution is 2.48. The van der Waals surface area contributed by atoms with Crippen molar-refractivity contribution in [2.45, 2.75) is 0 Å². The van der Waals surface area contributed by atoms with Crippen LogP contribution in [0.3, 0.4) is 0 Å². The fourth-order valence-corrected chi connectivity index (χ4v) is 6.64. The average molecular weight is 536 g/mol. The first kappa shape index (κ1) is 23.1. The molecule has 2 heteroatoms. The first-order valence-electron chi connectivity index (χ1n) is 14.3. The lowest BCUT2D eigenvalue weighted by Gasteiger charge is -2.12. The minimum atomic E-state index is 0.919. The van der Waals surface area contributed by atoms with Gasteiger partial charge in [0.25, 0.3) is 0 Å². The number of anilines is 2. The van der Waals surface area contributed by atoms with Crippen LogP contribution in [0.1, 0.15) is 0 Å². The molecule has 196 valence electrons. The predicted octanol–water partition coefficient (Wildman–Crippen LogP) is 11.5. The van der Waals surface area contributed by atoms with E-state index in [1.54, 1.807) is 0 Å². The second-order valence-electron chi connectivity index (χ2n) is 11.0. The summed E-state index contributed by atoms with van der Waals surface area (Å²) in [5.74, 6) is 0. The Morgan fingerprint density at radius 2 is 1.12 bits per heavy atom. The molecule has 0 saturated heterocycles. The third-order valence-corrected chi connectivity index (χ3v) is 8.57. The van der Waals surface area contributed by atoms with Gasteiger partial charge in [0.15, 0.2) is 0 Å². The van der Waals surface area contributed by atoms with Crippen LogP contribution in [-0.2, 0) is 0 Å². The quantitative estimate of drug-likeness (QED) is 0.242. The molecule has 9 rings (SSSR count). The molecule has 1 heterocycles. The van der Waals surface area contributed by atoms with Crippen LogP contribution in [0.2, 0.25) is 0 Å². The maximum atomic E-state index is 6.27. The second-order valence-corrected chi connectivity index (χ2v) is 11.0. The fraction of sp³-hybridized carbons (Fsp3) is 0. The van der Waals surface area contributed by atoms with Crippen LogP contribution in [0.15, 0.2) is 150 Å². The summed E-state index contributed by atoms with van der Waals surface area (Å²) in [4.78, 5) is 0. The summed E-state index contributed by atoms with van der Waals surface area (Å²) in [6, 6.07) is 51.9. The van der Waals surface area contributed by atoms with Gasteiger partial charge in [-0.15, -0.1) is 0 Å². The van der Waals surface area contributed by atoms with Gasteiger partial charge in [-0.25, -0.2) is 0 Å². The van der Waals surface area contributed by atoms with Crippen molar-refractivity contribution in [3.8, 4) is 44.5 Å². The molecular weight excluding hydrogens is 510 g/mol. The van der Waals surface area contributed by atoms with E-state index in [0.29, 0.717) is 0 Å². The molecule has 0 saturated carbocycles. The Hall–Kier alpha value is -5.60. The van der Waals surface area contributed by atoms with Crippen molar-refractivity contribution in [1.82, 2.24) is 0 Å². The highest BCUT2D eigenvalue weighted by molar-refractivity contribution is 6.16. The van der Waals surface area contributed by atoms with Crippen molar-refractivity contribution < 1.29 is 4.42 Å². The summed E-state index contributed by atoms with van der Waals surface area (Å²) < 4.78 is 6.27. The molecule has 0 fully saturated rings. The average Bonchev–Trinajstić information content (AvgIpc) is 3.59. The molecule has 0 radical (unpaired) electrons. The van der Waals surface area contributed by atoms with E-state index in [9.17, 15) is 0 Å². The smallest absolute Gasteiger partial charge is 0.143 e. The molecule has 7 aromatic carbocycles. The molecule has 0 unspecified atom stereocenters. The van der Waals surface area contributed by atoms with E-state index in [1.165, 1.54) is 44.2 Å². The summed E-state index contributed by atoms with van der Waals surface area (Å²) in [5, 5.41) is 8.56. The minimum Gasteiger partial charge on any atom is -0.455 e. The molecular formula is C40H25NO. The largest absolute Gasteiger partial charge is 0.455 e. The van der Waals surface area contributed by atoms with Crippen LogP contribution in [0, 0.1) is 0 Å². The molecule has 0 amide bonds. The van der Waals surface area contributed by atoms with Crippen molar-refractivity contribution in [2.24, 2.45) is 0 Å². The Bertz CT molecular complexity index is 2320. The molecule has 0 bridgehead atoms. The second kappa shape index (κ2) is 8.95. The first-order chi connectivity index (χ1) is 20.8. The lowest BCUT2D eigenvalue weighted by Crippen LogP contribution is -1.91. The van der Waals surface area contributed by atoms with Gasteiger partial charge in [0.1, 0.15) is 11.2 Å². The predicted molar refractivity (Wildman–Crippen MR) is 176 cm³/mol. The lowest BCUT2D eigenvalue weighted by molar-refractivity contribution is 0.670. The van der Waals surface area contributed by atoms with Crippen LogP contribution in [0.25, 0.3) is 77.2 Å². The third-order valence-electron chi connectivity index (χ3n) is 8.57. The monoisotopic (exact) mass is 535 g/mol. The van der Waals surface area contributed by atoms with Gasteiger partial charge in [0.2, 0.25) is 0 Å². The van der Waals surface area contributed by atoms with Crippen LogP contribution in [0.5, 0.6) is 0 Å². The van der Waals surface area contributed by atoms with Gasteiger partial charge >= 0.3 is 0 Å². The molecule has 1 N–H and O–H groups in total. The summed E-state index contributed by atoms with van der Waals surface area (Å²) in [7, 11) is 0. The molecule has 0 spiro atoms. The maximum absolute atomic E-state index is 6.27. The molecule has 1 aromatic heterocycles. The topological polar surface area (TPSA) is 25.2 Å². The Kier molecular flexibility index (Phi) is 4.93. The summed E-state index contributed by atoms with van der Waals surface area (Å²) >= 11 is 0. The van der Waals surface area contributed by atoms with Crippen molar-refractivity contribution >= 4 is 44.1 Å². The number of hydrogen-bond donors (Lipinski definition) is 1. The summed E-state index contributed by atoms with van der Waals surface area (Å²) in [6.07, 6.45) is 0. The van der Waals surface area contributed by atoms with Crippen molar-refractivity contribution in [3.63, 3.8) is 0 Å². The van der Waals surface area contributed by atoms with Crippen LogP contribution in [0.4, 0.5) is 11.4 Å². The normalized spacial score (nSPS) is 11.8. The van der Waals surface area contributed by atoms with Gasteiger partial charge in [0, 0.05) is 27.7 Å². The Morgan fingerprint density at radius 1 is 0.405 bits per heavy atom. The van der Waals surface area contributed by atoms with Gasteiger partial charge in [-0.1, -0.05) is 103 Å². The minimum absolute atomic E-state index is 0.919. The van der Waals surface area contributed by atoms with Gasteiger partial charge in [-0.3, -0.25) is 0 Å². The van der Waals surface area contributed by atoms with E-state index in [-0.39, 0.29) is 0 Å². The van der Waals surface area contributed by atoms with Gasteiger partial charge in [-0.2, -0.15) is 0 Å². The zero-order chi connectivity index (χ0) is 27.6. The number of nitrogens with one attached hydrogen (secondary N) is 1. The molecule has 42 heavy (non-hydrogen) atoms. The number of rotatable bonds is 4. The van der Waals surface area contributed by atoms with E-state index < -0.39 is 0 Å². The van der Waals surface area contributed by atoms with E-state index in [2.05, 4.69) is 139 Å². The van der Waals surface area contributed by atoms with Crippen LogP contribution < -0.4 is 5.32 Å². The summed E-state index contributed by atoms with van der Waals surface area (Å²) in [5.41, 5.74) is 13.9. The number of hydrogen-bond acceptors (Lipinski definition) is 2. The standard InChI is InChI=1S/C40H25NO/c1-2-12-33-32(11-1)35-15-6-9-27-22-28(24-37(33)39(27)35)26-8-5-10-30(23-26)41-29-20-18-25(19-21-29)31-14-7-16-36-34-13-3-4-17-38(34)42-40(31)36/h1-24,41H. The zero-order valence-corrected chi connectivity index (χ0v) is 22.8. The fourth-order valence-electron chi connectivity index (χ4n) is 6.64. The third kappa shape index (κ3) is 3.52. The van der Waals surface area contributed by atoms with Gasteiger partial charge in [-0.05, 0) is 92.2 Å². The van der Waals surface area contributed by atoms with E-state index in [0.717, 1.165) is 44.4 Å². The molecule has 0 aliphatic heterocycles. The molecule has 0 atom stereocenters. The zero-order valence-electron chi connectivity index (χ0n) is 22.8. The van der Waals surface area contributed by atoms with Crippen molar-refractivity contribution in [3.05, 3.63) is 146 Å². The highest BCUT2D eigenvalue weighted by Gasteiger charge is 2.21. The molecule has 2 nitrogen and oxygen atoms in total. The number of benzene rings is 7. The van der Waals surface area contributed by atoms with E-state index >= 15 is 0 Å². The lowest BCUT2D eigenvalue weighted by atomic mass is 9.96. The maximum Gasteiger partial charge on any atom is 0.143 e. The van der Waals surface area contributed by atoms with Gasteiger partial charge in [0.05, 0.1) is 0 Å². The number of fused-ring (bicyclic) bond motifs is 6. The molecule has 8 aromatic rings. The highest BCUT2D eigenvalue weighted by atomic mass is 16.3. The number of para-hydroxylation sites is 2.